The Bertz CT molecular complexity index is 1310. The number of benzene rings is 2. The van der Waals surface area contributed by atoms with Crippen molar-refractivity contribution in [1.29, 1.82) is 0 Å². The second kappa shape index (κ2) is 6.86. The number of non-ortho nitro benzene ring substituents is 1. The lowest BCUT2D eigenvalue weighted by Gasteiger charge is -2.36. The molecule has 4 atom stereocenters. The van der Waals surface area contributed by atoms with Gasteiger partial charge in [-0.1, -0.05) is 6.07 Å². The number of hydrogen-bond acceptors (Lipinski definition) is 7. The molecule has 6 rings (SSSR count). The Morgan fingerprint density at radius 3 is 2.68 bits per heavy atom. The van der Waals surface area contributed by atoms with E-state index in [-0.39, 0.29) is 23.3 Å². The zero-order valence-corrected chi connectivity index (χ0v) is 18.6. The third-order valence-electron chi connectivity index (χ3n) is 7.84. The van der Waals surface area contributed by atoms with Gasteiger partial charge in [0.05, 0.1) is 29.6 Å². The molecule has 0 radical (unpaired) electrons. The Labute approximate surface area is 194 Å². The Morgan fingerprint density at radius 1 is 1.15 bits per heavy atom. The molecule has 2 aromatic carbocycles. The van der Waals surface area contributed by atoms with Crippen LogP contribution < -0.4 is 15.0 Å². The van der Waals surface area contributed by atoms with E-state index in [1.807, 2.05) is 4.90 Å². The zero-order chi connectivity index (χ0) is 23.9. The summed E-state index contributed by atoms with van der Waals surface area (Å²) in [5.41, 5.74) is 0.470. The molecule has 0 bridgehead atoms. The normalized spacial score (nSPS) is 29.4. The summed E-state index contributed by atoms with van der Waals surface area (Å²) < 4.78 is 5.41. The second-order valence-corrected chi connectivity index (χ2v) is 9.28. The molecule has 1 spiro atoms. The first-order valence-corrected chi connectivity index (χ1v) is 11.2. The van der Waals surface area contributed by atoms with Crippen molar-refractivity contribution in [1.82, 2.24) is 4.90 Å². The number of anilines is 2. The maximum absolute atomic E-state index is 14.0. The van der Waals surface area contributed by atoms with Gasteiger partial charge in [-0.25, -0.2) is 4.90 Å². The number of carbonyl (C=O) groups is 3. The highest BCUT2D eigenvalue weighted by Crippen LogP contribution is 2.61. The van der Waals surface area contributed by atoms with Crippen LogP contribution in [-0.2, 0) is 19.9 Å². The maximum Gasteiger partial charge on any atom is 0.271 e. The first kappa shape index (κ1) is 20.8. The van der Waals surface area contributed by atoms with Crippen LogP contribution in [0.1, 0.15) is 24.0 Å². The summed E-state index contributed by atoms with van der Waals surface area (Å²) in [6.07, 6.45) is 1.50. The molecule has 0 aromatic heterocycles. The number of nitrogens with one attached hydrogen (secondary N) is 1. The van der Waals surface area contributed by atoms with Crippen molar-refractivity contribution < 1.29 is 24.0 Å². The highest BCUT2D eigenvalue weighted by molar-refractivity contribution is 6.26. The first-order valence-electron chi connectivity index (χ1n) is 11.2. The summed E-state index contributed by atoms with van der Waals surface area (Å²) in [5.74, 6) is -2.32. The number of amides is 3. The first-order chi connectivity index (χ1) is 16.3. The minimum Gasteiger partial charge on any atom is -0.497 e. The Hall–Kier alpha value is -3.79. The number of nitro groups is 1. The van der Waals surface area contributed by atoms with Gasteiger partial charge in [0.1, 0.15) is 11.3 Å². The number of aryl methyl sites for hydroxylation is 1. The third kappa shape index (κ3) is 2.35. The van der Waals surface area contributed by atoms with Crippen molar-refractivity contribution in [3.8, 4) is 5.75 Å². The van der Waals surface area contributed by atoms with Crippen molar-refractivity contribution in [2.24, 2.45) is 11.8 Å². The SMILES string of the molecule is COc1ccc2c(c1)[C@]1(C(=O)N2)[C@@H]2C(=O)N(c3cc([N+](=O)[O-])ccc3C)C(=O)[C@H]2[C@H]2CCCN21. The van der Waals surface area contributed by atoms with Crippen molar-refractivity contribution in [3.05, 3.63) is 57.6 Å². The Kier molecular flexibility index (Phi) is 4.20. The minimum atomic E-state index is -1.33. The summed E-state index contributed by atoms with van der Waals surface area (Å²) in [4.78, 5) is 55.4. The second-order valence-electron chi connectivity index (χ2n) is 9.28. The molecule has 3 amide bonds. The number of nitrogens with zero attached hydrogens (tertiary/aromatic N) is 3. The van der Waals surface area contributed by atoms with Crippen LogP contribution in [0, 0.1) is 28.9 Å². The smallest absolute Gasteiger partial charge is 0.271 e. The molecular formula is C24H22N4O6. The Balaban J connectivity index is 1.55. The van der Waals surface area contributed by atoms with Crippen LogP contribution in [-0.4, -0.2) is 47.2 Å². The average Bonchev–Trinajstić information content (AvgIpc) is 3.52. The lowest BCUT2D eigenvalue weighted by molar-refractivity contribution is -0.384. The molecule has 3 fully saturated rings. The summed E-state index contributed by atoms with van der Waals surface area (Å²) in [6, 6.07) is 9.13. The van der Waals surface area contributed by atoms with Crippen molar-refractivity contribution in [3.63, 3.8) is 0 Å². The summed E-state index contributed by atoms with van der Waals surface area (Å²) in [5, 5.41) is 14.3. The van der Waals surface area contributed by atoms with Crippen LogP contribution in [0.25, 0.3) is 0 Å². The summed E-state index contributed by atoms with van der Waals surface area (Å²) in [6.45, 7) is 2.30. The molecule has 4 heterocycles. The molecule has 10 nitrogen and oxygen atoms in total. The van der Waals surface area contributed by atoms with Crippen LogP contribution in [0.15, 0.2) is 36.4 Å². The van der Waals surface area contributed by atoms with E-state index < -0.39 is 34.1 Å². The highest BCUT2D eigenvalue weighted by atomic mass is 16.6. The lowest BCUT2D eigenvalue weighted by Crippen LogP contribution is -2.54. The standard InChI is InChI=1S/C24H22N4O6/c1-12-5-6-13(28(32)33)10-18(12)27-21(29)19-17-4-3-9-26(17)24(20(19)22(27)30)15-11-14(34-2)7-8-16(15)25-23(24)31/h5-8,10-11,17,19-20H,3-4,9H2,1-2H3,(H,25,31)/t17-,19+,20+,24-/m1/s1. The van der Waals surface area contributed by atoms with Gasteiger partial charge in [-0.15, -0.1) is 0 Å². The van der Waals surface area contributed by atoms with Gasteiger partial charge >= 0.3 is 0 Å². The number of imide groups is 1. The molecular weight excluding hydrogens is 440 g/mol. The van der Waals surface area contributed by atoms with Crippen LogP contribution in [0.4, 0.5) is 17.1 Å². The van der Waals surface area contributed by atoms with Crippen LogP contribution in [0.3, 0.4) is 0 Å². The van der Waals surface area contributed by atoms with Crippen LogP contribution in [0.5, 0.6) is 5.75 Å². The van der Waals surface area contributed by atoms with Gasteiger partial charge in [0, 0.05) is 29.4 Å². The molecule has 34 heavy (non-hydrogen) atoms. The highest BCUT2D eigenvalue weighted by Gasteiger charge is 2.74. The number of ether oxygens (including phenoxy) is 1. The van der Waals surface area contributed by atoms with E-state index in [0.29, 0.717) is 35.5 Å². The van der Waals surface area contributed by atoms with Crippen LogP contribution >= 0.6 is 0 Å². The monoisotopic (exact) mass is 462 g/mol. The number of nitro benzene ring substituents is 1. The van der Waals surface area contributed by atoms with Gasteiger partial charge in [-0.3, -0.25) is 29.4 Å². The van der Waals surface area contributed by atoms with Crippen molar-refractivity contribution in [2.75, 3.05) is 23.9 Å². The number of hydrogen-bond donors (Lipinski definition) is 1. The number of carbonyl (C=O) groups excluding carboxylic acids is 3. The molecule has 10 heteroatoms. The van der Waals surface area contributed by atoms with E-state index in [1.54, 1.807) is 25.1 Å². The zero-order valence-electron chi connectivity index (χ0n) is 18.6. The predicted molar refractivity (Wildman–Crippen MR) is 120 cm³/mol. The molecule has 0 aliphatic carbocycles. The van der Waals surface area contributed by atoms with E-state index in [1.165, 1.54) is 25.3 Å². The van der Waals surface area contributed by atoms with E-state index >= 15 is 0 Å². The van der Waals surface area contributed by atoms with Gasteiger partial charge in [-0.2, -0.15) is 0 Å². The average molecular weight is 462 g/mol. The number of rotatable bonds is 3. The fourth-order valence-electron chi connectivity index (χ4n) is 6.50. The molecule has 4 aliphatic heterocycles. The van der Waals surface area contributed by atoms with Gasteiger partial charge in [0.25, 0.3) is 5.69 Å². The fraction of sp³-hybridized carbons (Fsp3) is 0.375. The molecule has 0 unspecified atom stereocenters. The summed E-state index contributed by atoms with van der Waals surface area (Å²) >= 11 is 0. The van der Waals surface area contributed by atoms with E-state index in [2.05, 4.69) is 5.32 Å². The minimum absolute atomic E-state index is 0.197. The molecule has 2 aromatic rings. The Morgan fingerprint density at radius 2 is 1.94 bits per heavy atom. The number of methoxy groups -OCH3 is 1. The molecule has 0 saturated carbocycles. The maximum atomic E-state index is 14.0. The lowest BCUT2D eigenvalue weighted by atomic mass is 9.75. The topological polar surface area (TPSA) is 122 Å². The van der Waals surface area contributed by atoms with Crippen LogP contribution in [0.2, 0.25) is 0 Å². The van der Waals surface area contributed by atoms with E-state index in [4.69, 9.17) is 4.74 Å². The molecule has 174 valence electrons. The molecule has 1 N–H and O–H groups in total. The van der Waals surface area contributed by atoms with Gasteiger partial charge < -0.3 is 10.1 Å². The van der Waals surface area contributed by atoms with Gasteiger partial charge in [-0.05, 0) is 50.1 Å². The van der Waals surface area contributed by atoms with Crippen molar-refractivity contribution in [2.45, 2.75) is 31.3 Å². The van der Waals surface area contributed by atoms with E-state index in [0.717, 1.165) is 11.3 Å². The number of fused-ring (bicyclic) bond motifs is 7. The predicted octanol–water partition coefficient (Wildman–Crippen LogP) is 2.34. The molecule has 4 aliphatic rings. The largest absolute Gasteiger partial charge is 0.497 e. The van der Waals surface area contributed by atoms with E-state index in [9.17, 15) is 24.5 Å². The van der Waals surface area contributed by atoms with Gasteiger partial charge in [0.2, 0.25) is 17.7 Å². The molecule has 3 saturated heterocycles. The fourth-order valence-corrected chi connectivity index (χ4v) is 6.50. The summed E-state index contributed by atoms with van der Waals surface area (Å²) in [7, 11) is 1.53. The third-order valence-corrected chi connectivity index (χ3v) is 7.84. The van der Waals surface area contributed by atoms with Gasteiger partial charge in [0.15, 0.2) is 0 Å². The van der Waals surface area contributed by atoms with Crippen molar-refractivity contribution >= 4 is 34.8 Å². The quantitative estimate of drug-likeness (QED) is 0.422.